The second-order valence-electron chi connectivity index (χ2n) is 6.14. The summed E-state index contributed by atoms with van der Waals surface area (Å²) in [4.78, 5) is 30.0. The molecule has 28 heavy (non-hydrogen) atoms. The molecule has 0 fully saturated rings. The average Bonchev–Trinajstić information content (AvgIpc) is 2.72. The molecule has 1 aromatic heterocycles. The van der Waals surface area contributed by atoms with Crippen molar-refractivity contribution in [3.63, 3.8) is 0 Å². The molecule has 1 aromatic carbocycles. The number of rotatable bonds is 7. The number of fused-ring (bicyclic) bond motifs is 1. The zero-order chi connectivity index (χ0) is 19.9. The lowest BCUT2D eigenvalue weighted by Gasteiger charge is -2.29. The minimum Gasteiger partial charge on any atom is -0.486 e. The number of esters is 1. The van der Waals surface area contributed by atoms with Crippen LogP contribution < -0.4 is 14.2 Å². The lowest BCUT2D eigenvalue weighted by atomic mass is 10.2. The maximum Gasteiger partial charge on any atom is 0.344 e. The van der Waals surface area contributed by atoms with E-state index in [0.29, 0.717) is 31.3 Å². The van der Waals surface area contributed by atoms with Crippen molar-refractivity contribution >= 4 is 11.9 Å². The molecule has 0 radical (unpaired) electrons. The van der Waals surface area contributed by atoms with Gasteiger partial charge >= 0.3 is 5.97 Å². The largest absolute Gasteiger partial charge is 0.486 e. The minimum absolute atomic E-state index is 0.181. The first-order chi connectivity index (χ1) is 13.6. The van der Waals surface area contributed by atoms with Crippen LogP contribution in [-0.2, 0) is 9.53 Å². The fourth-order valence-electron chi connectivity index (χ4n) is 2.67. The van der Waals surface area contributed by atoms with E-state index in [2.05, 4.69) is 4.98 Å². The van der Waals surface area contributed by atoms with E-state index in [-0.39, 0.29) is 30.1 Å². The number of nitrogens with zero attached hydrogens (tertiary/aromatic N) is 2. The van der Waals surface area contributed by atoms with E-state index in [0.717, 1.165) is 0 Å². The number of carbonyl (C=O) groups excluding carboxylic acids is 2. The second-order valence-corrected chi connectivity index (χ2v) is 6.14. The Kier molecular flexibility index (Phi) is 6.31. The summed E-state index contributed by atoms with van der Waals surface area (Å²) in [5, 5.41) is 0. The van der Waals surface area contributed by atoms with Gasteiger partial charge in [-0.3, -0.25) is 4.79 Å². The third kappa shape index (κ3) is 4.70. The van der Waals surface area contributed by atoms with Gasteiger partial charge in [0.25, 0.3) is 5.91 Å². The quantitative estimate of drug-likeness (QED) is 0.672. The molecule has 1 aliphatic rings. The predicted molar refractivity (Wildman–Crippen MR) is 99.7 cm³/mol. The molecule has 1 unspecified atom stereocenters. The second kappa shape index (κ2) is 9.07. The number of likely N-dealkylation sites (N-methyl/N-ethyl adjacent to an activating group) is 1. The first-order valence-corrected chi connectivity index (χ1v) is 8.96. The third-order valence-corrected chi connectivity index (χ3v) is 4.07. The molecule has 3 rings (SSSR count). The van der Waals surface area contributed by atoms with Gasteiger partial charge in [0, 0.05) is 13.2 Å². The Morgan fingerprint density at radius 1 is 1.21 bits per heavy atom. The molecule has 0 spiro atoms. The van der Waals surface area contributed by atoms with E-state index in [1.54, 1.807) is 26.1 Å². The number of aromatic nitrogens is 1. The molecule has 0 saturated carbocycles. The van der Waals surface area contributed by atoms with Gasteiger partial charge < -0.3 is 23.8 Å². The number of hydrogen-bond donors (Lipinski definition) is 0. The molecule has 0 saturated heterocycles. The van der Waals surface area contributed by atoms with Gasteiger partial charge in [-0.25, -0.2) is 9.78 Å². The van der Waals surface area contributed by atoms with Crippen LogP contribution in [0, 0.1) is 0 Å². The smallest absolute Gasteiger partial charge is 0.344 e. The Bertz CT molecular complexity index is 841. The van der Waals surface area contributed by atoms with Crippen molar-refractivity contribution in [1.29, 1.82) is 0 Å². The van der Waals surface area contributed by atoms with Gasteiger partial charge in [0.1, 0.15) is 12.2 Å². The highest BCUT2D eigenvalue weighted by molar-refractivity contribution is 5.93. The third-order valence-electron chi connectivity index (χ3n) is 4.07. The number of para-hydroxylation sites is 2. The standard InChI is InChI=1S/C20H22N2O6/c1-3-25-19-15(7-6-10-21-19)20(24)27-13-18(23)22(2)11-14-12-26-16-8-4-5-9-17(16)28-14/h4-10,14H,3,11-13H2,1-2H3. The summed E-state index contributed by atoms with van der Waals surface area (Å²) in [6.07, 6.45) is 1.22. The SMILES string of the molecule is CCOc1ncccc1C(=O)OCC(=O)N(C)CC1COc2ccccc2O1. The van der Waals surface area contributed by atoms with Crippen LogP contribution in [0.25, 0.3) is 0 Å². The van der Waals surface area contributed by atoms with Gasteiger partial charge in [0.2, 0.25) is 5.88 Å². The normalized spacial score (nSPS) is 14.9. The highest BCUT2D eigenvalue weighted by atomic mass is 16.6. The molecule has 2 heterocycles. The number of pyridine rings is 1. The summed E-state index contributed by atoms with van der Waals surface area (Å²) in [7, 11) is 1.62. The van der Waals surface area contributed by atoms with Gasteiger partial charge in [-0.1, -0.05) is 12.1 Å². The zero-order valence-corrected chi connectivity index (χ0v) is 15.8. The molecule has 8 nitrogen and oxygen atoms in total. The first kappa shape index (κ1) is 19.5. The molecule has 1 atom stereocenters. The molecule has 1 aliphatic heterocycles. The van der Waals surface area contributed by atoms with E-state index in [4.69, 9.17) is 18.9 Å². The van der Waals surface area contributed by atoms with Crippen molar-refractivity contribution in [2.45, 2.75) is 13.0 Å². The van der Waals surface area contributed by atoms with Crippen molar-refractivity contribution < 1.29 is 28.5 Å². The maximum atomic E-state index is 12.3. The number of amides is 1. The monoisotopic (exact) mass is 386 g/mol. The summed E-state index contributed by atoms with van der Waals surface area (Å²) >= 11 is 0. The fourth-order valence-corrected chi connectivity index (χ4v) is 2.67. The summed E-state index contributed by atoms with van der Waals surface area (Å²) in [5.41, 5.74) is 0.181. The first-order valence-electron chi connectivity index (χ1n) is 8.96. The Morgan fingerprint density at radius 2 is 2.00 bits per heavy atom. The topological polar surface area (TPSA) is 87.2 Å². The Hall–Kier alpha value is -3.29. The molecular formula is C20H22N2O6. The van der Waals surface area contributed by atoms with E-state index in [1.807, 2.05) is 24.3 Å². The van der Waals surface area contributed by atoms with Crippen molar-refractivity contribution in [3.8, 4) is 17.4 Å². The van der Waals surface area contributed by atoms with Crippen molar-refractivity contribution in [3.05, 3.63) is 48.2 Å². The van der Waals surface area contributed by atoms with Crippen molar-refractivity contribution in [2.75, 3.05) is 33.4 Å². The maximum absolute atomic E-state index is 12.3. The summed E-state index contributed by atoms with van der Waals surface area (Å²) in [6, 6.07) is 10.5. The molecule has 8 heteroatoms. The van der Waals surface area contributed by atoms with E-state index >= 15 is 0 Å². The lowest BCUT2D eigenvalue weighted by Crippen LogP contribution is -2.43. The predicted octanol–water partition coefficient (Wildman–Crippen LogP) is 1.94. The van der Waals surface area contributed by atoms with Crippen LogP contribution in [0.15, 0.2) is 42.6 Å². The molecular weight excluding hydrogens is 364 g/mol. The minimum atomic E-state index is -0.663. The molecule has 2 aromatic rings. The van der Waals surface area contributed by atoms with Crippen molar-refractivity contribution in [2.24, 2.45) is 0 Å². The number of benzene rings is 1. The fraction of sp³-hybridized carbons (Fsp3) is 0.350. The van der Waals surface area contributed by atoms with Crippen LogP contribution >= 0.6 is 0 Å². The Morgan fingerprint density at radius 3 is 2.79 bits per heavy atom. The molecule has 0 N–H and O–H groups in total. The van der Waals surface area contributed by atoms with Gasteiger partial charge in [0.15, 0.2) is 24.2 Å². The van der Waals surface area contributed by atoms with E-state index in [9.17, 15) is 9.59 Å². The number of ether oxygens (including phenoxy) is 4. The number of carbonyl (C=O) groups is 2. The Labute approximate surface area is 163 Å². The zero-order valence-electron chi connectivity index (χ0n) is 15.8. The average molecular weight is 386 g/mol. The number of hydrogen-bond acceptors (Lipinski definition) is 7. The molecule has 148 valence electrons. The van der Waals surface area contributed by atoms with Crippen LogP contribution in [0.4, 0.5) is 0 Å². The van der Waals surface area contributed by atoms with Crippen LogP contribution in [-0.4, -0.2) is 61.3 Å². The van der Waals surface area contributed by atoms with Crippen LogP contribution in [0.5, 0.6) is 17.4 Å². The Balaban J connectivity index is 1.50. The van der Waals surface area contributed by atoms with Crippen LogP contribution in [0.2, 0.25) is 0 Å². The summed E-state index contributed by atoms with van der Waals surface area (Å²) in [6.45, 7) is 2.41. The van der Waals surface area contributed by atoms with E-state index in [1.165, 1.54) is 11.1 Å². The van der Waals surface area contributed by atoms with Crippen LogP contribution in [0.3, 0.4) is 0 Å². The van der Waals surface area contributed by atoms with Gasteiger partial charge in [-0.2, -0.15) is 0 Å². The summed E-state index contributed by atoms with van der Waals surface area (Å²) < 4.78 is 21.9. The molecule has 0 bridgehead atoms. The van der Waals surface area contributed by atoms with Gasteiger partial charge in [0.05, 0.1) is 13.2 Å². The highest BCUT2D eigenvalue weighted by Gasteiger charge is 2.24. The molecule has 0 aliphatic carbocycles. The van der Waals surface area contributed by atoms with Gasteiger partial charge in [-0.15, -0.1) is 0 Å². The van der Waals surface area contributed by atoms with E-state index < -0.39 is 5.97 Å². The van der Waals surface area contributed by atoms with Crippen molar-refractivity contribution in [1.82, 2.24) is 9.88 Å². The highest BCUT2D eigenvalue weighted by Crippen LogP contribution is 2.30. The van der Waals surface area contributed by atoms with Gasteiger partial charge in [-0.05, 0) is 31.2 Å². The lowest BCUT2D eigenvalue weighted by molar-refractivity contribution is -0.134. The molecule has 1 amide bonds. The summed E-state index contributed by atoms with van der Waals surface area (Å²) in [5.74, 6) is 0.499. The van der Waals surface area contributed by atoms with Crippen LogP contribution in [0.1, 0.15) is 17.3 Å².